The Hall–Kier alpha value is -3.34. The molecular formula is C29H36N2O3. The Kier molecular flexibility index (Phi) is 9.08. The van der Waals surface area contributed by atoms with Gasteiger partial charge in [0.2, 0.25) is 5.91 Å². The Bertz CT molecular complexity index is 1000. The lowest BCUT2D eigenvalue weighted by Gasteiger charge is -2.30. The summed E-state index contributed by atoms with van der Waals surface area (Å²) in [5.41, 5.74) is 2.77. The molecule has 0 bridgehead atoms. The molecule has 2 aliphatic rings. The van der Waals surface area contributed by atoms with Gasteiger partial charge in [0, 0.05) is 13.0 Å². The Morgan fingerprint density at radius 1 is 1.24 bits per heavy atom. The van der Waals surface area contributed by atoms with E-state index in [-0.39, 0.29) is 24.3 Å². The van der Waals surface area contributed by atoms with Gasteiger partial charge in [-0.1, -0.05) is 74.6 Å². The molecule has 0 spiro atoms. The molecule has 1 fully saturated rings. The van der Waals surface area contributed by atoms with Crippen LogP contribution in [0.3, 0.4) is 0 Å². The van der Waals surface area contributed by atoms with E-state index in [1.54, 1.807) is 18.0 Å². The first-order valence-electron chi connectivity index (χ1n) is 12.0. The van der Waals surface area contributed by atoms with Crippen molar-refractivity contribution in [3.05, 3.63) is 78.9 Å². The highest BCUT2D eigenvalue weighted by molar-refractivity contribution is 6.01. The minimum absolute atomic E-state index is 0.0603. The highest BCUT2D eigenvalue weighted by Gasteiger charge is 2.34. The van der Waals surface area contributed by atoms with Crippen LogP contribution < -0.4 is 15.0 Å². The van der Waals surface area contributed by atoms with Crippen molar-refractivity contribution in [3.8, 4) is 5.75 Å². The molecule has 3 rings (SSSR count). The number of ether oxygens (including phenoxy) is 1. The second-order valence-electron chi connectivity index (χ2n) is 8.99. The standard InChI is InChI=1S/C29H36N2O3/c1-5-8-9-10-12-21(6-2)17-23-13-11-14-24(18-23)28(32)30-25-20-34-27-16-15-22(7-3)19-26(27)31(4)29(25)33/h5-10,12,15-16,19,23-25H,2-3,11,13-14,17-18,20H2,1,4H3,(H,30,32)/b8-5-,10-9-,21-12+. The van der Waals surface area contributed by atoms with E-state index >= 15 is 0 Å². The summed E-state index contributed by atoms with van der Waals surface area (Å²) in [7, 11) is 1.71. The molecule has 1 heterocycles. The predicted molar refractivity (Wildman–Crippen MR) is 140 cm³/mol. The maximum absolute atomic E-state index is 13.1. The van der Waals surface area contributed by atoms with Crippen LogP contribution in [0.15, 0.2) is 73.4 Å². The first-order chi connectivity index (χ1) is 16.5. The Balaban J connectivity index is 1.62. The fourth-order valence-corrected chi connectivity index (χ4v) is 4.66. The molecule has 180 valence electrons. The monoisotopic (exact) mass is 460 g/mol. The topological polar surface area (TPSA) is 58.6 Å². The van der Waals surface area contributed by atoms with Gasteiger partial charge < -0.3 is 15.0 Å². The van der Waals surface area contributed by atoms with Gasteiger partial charge in [-0.3, -0.25) is 9.59 Å². The number of nitrogens with one attached hydrogen (secondary N) is 1. The van der Waals surface area contributed by atoms with Crippen molar-refractivity contribution in [2.24, 2.45) is 11.8 Å². The SMILES string of the molecule is C=C\C(=C/C=C\C=C/C)CC1CCCC(C(=O)NC2COc3ccc(C=C)cc3N(C)C2=O)C1. The first-order valence-corrected chi connectivity index (χ1v) is 12.0. The Morgan fingerprint density at radius 2 is 2.06 bits per heavy atom. The van der Waals surface area contributed by atoms with Gasteiger partial charge in [0.25, 0.3) is 5.91 Å². The molecule has 3 atom stereocenters. The zero-order chi connectivity index (χ0) is 24.5. The molecule has 1 N–H and O–H groups in total. The van der Waals surface area contributed by atoms with E-state index in [1.165, 1.54) is 5.57 Å². The summed E-state index contributed by atoms with van der Waals surface area (Å²) in [4.78, 5) is 27.8. The second-order valence-corrected chi connectivity index (χ2v) is 8.99. The van der Waals surface area contributed by atoms with Gasteiger partial charge in [0.05, 0.1) is 5.69 Å². The van der Waals surface area contributed by atoms with Gasteiger partial charge in [-0.15, -0.1) is 0 Å². The van der Waals surface area contributed by atoms with Crippen molar-refractivity contribution in [2.45, 2.75) is 45.1 Å². The highest BCUT2D eigenvalue weighted by atomic mass is 16.5. The van der Waals surface area contributed by atoms with Crippen molar-refractivity contribution in [1.29, 1.82) is 0 Å². The van der Waals surface area contributed by atoms with Crippen molar-refractivity contribution < 1.29 is 14.3 Å². The Morgan fingerprint density at radius 3 is 2.79 bits per heavy atom. The number of amides is 2. The van der Waals surface area contributed by atoms with Crippen molar-refractivity contribution in [3.63, 3.8) is 0 Å². The smallest absolute Gasteiger partial charge is 0.252 e. The second kappa shape index (κ2) is 12.2. The number of carbonyl (C=O) groups is 2. The summed E-state index contributed by atoms with van der Waals surface area (Å²) >= 11 is 0. The number of benzene rings is 1. The summed E-state index contributed by atoms with van der Waals surface area (Å²) < 4.78 is 5.89. The van der Waals surface area contributed by atoms with E-state index in [0.29, 0.717) is 17.4 Å². The van der Waals surface area contributed by atoms with Crippen LogP contribution in [0.25, 0.3) is 6.08 Å². The van der Waals surface area contributed by atoms with E-state index in [4.69, 9.17) is 4.74 Å². The molecule has 5 nitrogen and oxygen atoms in total. The third-order valence-electron chi connectivity index (χ3n) is 6.60. The van der Waals surface area contributed by atoms with E-state index < -0.39 is 6.04 Å². The number of likely N-dealkylation sites (N-methyl/N-ethyl adjacent to an activating group) is 1. The zero-order valence-electron chi connectivity index (χ0n) is 20.3. The van der Waals surface area contributed by atoms with Crippen LogP contribution in [0.4, 0.5) is 5.69 Å². The van der Waals surface area contributed by atoms with Crippen LogP contribution in [-0.2, 0) is 9.59 Å². The summed E-state index contributed by atoms with van der Waals surface area (Å²) in [6, 6.07) is 4.89. The number of anilines is 1. The molecule has 0 saturated heterocycles. The van der Waals surface area contributed by atoms with Gasteiger partial charge in [-0.25, -0.2) is 0 Å². The van der Waals surface area contributed by atoms with Crippen LogP contribution in [0, 0.1) is 11.8 Å². The van der Waals surface area contributed by atoms with Gasteiger partial charge in [-0.05, 0) is 55.4 Å². The van der Waals surface area contributed by atoms with Crippen molar-refractivity contribution in [2.75, 3.05) is 18.6 Å². The summed E-state index contributed by atoms with van der Waals surface area (Å²) in [5.74, 6) is 0.720. The predicted octanol–water partition coefficient (Wildman–Crippen LogP) is 5.61. The maximum Gasteiger partial charge on any atom is 0.252 e. The highest BCUT2D eigenvalue weighted by Crippen LogP contribution is 2.34. The molecule has 1 aliphatic heterocycles. The third kappa shape index (κ3) is 6.37. The fourth-order valence-electron chi connectivity index (χ4n) is 4.66. The van der Waals surface area contributed by atoms with Gasteiger partial charge in [0.1, 0.15) is 18.4 Å². The summed E-state index contributed by atoms with van der Waals surface area (Å²) in [6.45, 7) is 9.84. The number of nitrogens with zero attached hydrogens (tertiary/aromatic N) is 1. The summed E-state index contributed by atoms with van der Waals surface area (Å²) in [5, 5.41) is 2.98. The first kappa shape index (κ1) is 25.3. The molecule has 2 amide bonds. The average Bonchev–Trinajstić information content (AvgIpc) is 2.97. The fraction of sp³-hybridized carbons (Fsp3) is 0.379. The van der Waals surface area contributed by atoms with Crippen LogP contribution in [0.2, 0.25) is 0 Å². The minimum Gasteiger partial charge on any atom is -0.489 e. The molecule has 34 heavy (non-hydrogen) atoms. The Labute approximate surface area is 203 Å². The van der Waals surface area contributed by atoms with E-state index in [0.717, 1.165) is 37.7 Å². The lowest BCUT2D eigenvalue weighted by Crippen LogP contribution is -2.51. The van der Waals surface area contributed by atoms with Gasteiger partial charge in [-0.2, -0.15) is 0 Å². The third-order valence-corrected chi connectivity index (χ3v) is 6.60. The van der Waals surface area contributed by atoms with Gasteiger partial charge in [0.15, 0.2) is 0 Å². The summed E-state index contributed by atoms with van der Waals surface area (Å²) in [6.07, 6.45) is 18.4. The molecule has 1 aliphatic carbocycles. The molecule has 0 radical (unpaired) electrons. The number of hydrogen-bond acceptors (Lipinski definition) is 3. The van der Waals surface area contributed by atoms with Crippen LogP contribution in [0.1, 0.15) is 44.6 Å². The number of fused-ring (bicyclic) bond motifs is 1. The normalized spacial score (nSPS) is 23.4. The molecule has 1 aromatic rings. The molecule has 5 heteroatoms. The number of carbonyl (C=O) groups excluding carboxylic acids is 2. The maximum atomic E-state index is 13.1. The number of allylic oxidation sites excluding steroid dienone is 7. The van der Waals surface area contributed by atoms with E-state index in [1.807, 2.05) is 55.5 Å². The molecule has 3 unspecified atom stereocenters. The molecular weight excluding hydrogens is 424 g/mol. The quantitative estimate of drug-likeness (QED) is 0.513. The molecule has 1 aromatic carbocycles. The van der Waals surface area contributed by atoms with Crippen LogP contribution in [0.5, 0.6) is 5.75 Å². The lowest BCUT2D eigenvalue weighted by molar-refractivity contribution is -0.131. The largest absolute Gasteiger partial charge is 0.489 e. The van der Waals surface area contributed by atoms with E-state index in [9.17, 15) is 9.59 Å². The molecule has 1 saturated carbocycles. The van der Waals surface area contributed by atoms with Crippen LogP contribution in [-0.4, -0.2) is 31.5 Å². The van der Waals surface area contributed by atoms with Crippen LogP contribution >= 0.6 is 0 Å². The van der Waals surface area contributed by atoms with Crippen molar-refractivity contribution in [1.82, 2.24) is 5.32 Å². The molecule has 0 aromatic heterocycles. The van der Waals surface area contributed by atoms with Gasteiger partial charge >= 0.3 is 0 Å². The average molecular weight is 461 g/mol. The number of rotatable bonds is 8. The minimum atomic E-state index is -0.710. The number of hydrogen-bond donors (Lipinski definition) is 1. The lowest BCUT2D eigenvalue weighted by atomic mass is 9.78. The zero-order valence-corrected chi connectivity index (χ0v) is 20.3. The van der Waals surface area contributed by atoms with E-state index in [2.05, 4.69) is 24.6 Å². The van der Waals surface area contributed by atoms with Crippen molar-refractivity contribution >= 4 is 23.6 Å².